The summed E-state index contributed by atoms with van der Waals surface area (Å²) in [5.41, 5.74) is 1.15. The number of nitrogens with zero attached hydrogens (tertiary/aromatic N) is 1. The highest BCUT2D eigenvalue weighted by atomic mass is 35.5. The average Bonchev–Trinajstić information content (AvgIpc) is 2.51. The molecule has 1 aromatic carbocycles. The molecular formula is C17H25ClN2O2. The predicted molar refractivity (Wildman–Crippen MR) is 89.3 cm³/mol. The summed E-state index contributed by atoms with van der Waals surface area (Å²) in [4.78, 5) is 2.48. The maximum Gasteiger partial charge on any atom is 0.162 e. The van der Waals surface area contributed by atoms with Crippen molar-refractivity contribution in [2.45, 2.75) is 31.8 Å². The number of rotatable bonds is 6. The van der Waals surface area contributed by atoms with Crippen molar-refractivity contribution >= 4 is 11.6 Å². The van der Waals surface area contributed by atoms with Gasteiger partial charge in [-0.25, -0.2) is 0 Å². The normalized spacial score (nSPS) is 19.7. The van der Waals surface area contributed by atoms with Crippen LogP contribution in [-0.4, -0.2) is 50.8 Å². The van der Waals surface area contributed by atoms with Crippen LogP contribution in [0.15, 0.2) is 12.1 Å². The minimum absolute atomic E-state index is 0.344. The quantitative estimate of drug-likeness (QED) is 0.872. The fourth-order valence-corrected chi connectivity index (χ4v) is 3.15. The van der Waals surface area contributed by atoms with Crippen LogP contribution in [0.4, 0.5) is 0 Å². The highest BCUT2D eigenvalue weighted by molar-refractivity contribution is 6.31. The van der Waals surface area contributed by atoms with Gasteiger partial charge in [-0.15, -0.1) is 0 Å². The number of methoxy groups -OCH3 is 1. The third kappa shape index (κ3) is 3.86. The smallest absolute Gasteiger partial charge is 0.162 e. The Kier molecular flexibility index (Phi) is 5.45. The Morgan fingerprint density at radius 1 is 1.23 bits per heavy atom. The molecule has 0 radical (unpaired) electrons. The Morgan fingerprint density at radius 2 is 2.00 bits per heavy atom. The molecule has 1 saturated carbocycles. The van der Waals surface area contributed by atoms with E-state index in [1.165, 1.54) is 6.42 Å². The number of benzene rings is 1. The van der Waals surface area contributed by atoms with Crippen molar-refractivity contribution in [1.82, 2.24) is 10.2 Å². The summed E-state index contributed by atoms with van der Waals surface area (Å²) in [6, 6.07) is 3.96. The third-order valence-electron chi connectivity index (χ3n) is 4.59. The third-order valence-corrected chi connectivity index (χ3v) is 4.94. The van der Waals surface area contributed by atoms with Gasteiger partial charge >= 0.3 is 0 Å². The van der Waals surface area contributed by atoms with Crippen molar-refractivity contribution in [3.05, 3.63) is 22.7 Å². The van der Waals surface area contributed by atoms with E-state index in [1.54, 1.807) is 7.11 Å². The van der Waals surface area contributed by atoms with E-state index in [4.69, 9.17) is 21.1 Å². The molecule has 1 saturated heterocycles. The Bertz CT molecular complexity index is 500. The van der Waals surface area contributed by atoms with Gasteiger partial charge in [0.1, 0.15) is 0 Å². The van der Waals surface area contributed by atoms with E-state index in [9.17, 15) is 0 Å². The fourth-order valence-electron chi connectivity index (χ4n) is 2.90. The first-order valence-electron chi connectivity index (χ1n) is 8.22. The molecule has 1 aliphatic carbocycles. The summed E-state index contributed by atoms with van der Waals surface area (Å²) in [7, 11) is 1.67. The number of ether oxygens (including phenoxy) is 2. The zero-order valence-electron chi connectivity index (χ0n) is 13.2. The van der Waals surface area contributed by atoms with Gasteiger partial charge in [-0.2, -0.15) is 0 Å². The molecule has 122 valence electrons. The molecule has 5 heteroatoms. The topological polar surface area (TPSA) is 33.7 Å². The van der Waals surface area contributed by atoms with E-state index < -0.39 is 0 Å². The second-order valence-electron chi connectivity index (χ2n) is 6.11. The van der Waals surface area contributed by atoms with Crippen LogP contribution in [-0.2, 0) is 6.42 Å². The van der Waals surface area contributed by atoms with Crippen molar-refractivity contribution in [1.29, 1.82) is 0 Å². The van der Waals surface area contributed by atoms with Crippen LogP contribution in [0.1, 0.15) is 24.8 Å². The number of hydrogen-bond donors (Lipinski definition) is 1. The lowest BCUT2D eigenvalue weighted by Gasteiger charge is -2.28. The molecule has 1 heterocycles. The molecule has 1 N–H and O–H groups in total. The first kappa shape index (κ1) is 15.9. The Balaban J connectivity index is 1.67. The molecule has 0 spiro atoms. The van der Waals surface area contributed by atoms with Crippen LogP contribution in [0.2, 0.25) is 5.02 Å². The number of halogens is 1. The van der Waals surface area contributed by atoms with Crippen molar-refractivity contribution in [2.75, 3.05) is 39.8 Å². The van der Waals surface area contributed by atoms with E-state index in [1.807, 2.05) is 6.07 Å². The van der Waals surface area contributed by atoms with Gasteiger partial charge in [0.05, 0.1) is 13.2 Å². The van der Waals surface area contributed by atoms with Crippen LogP contribution >= 0.6 is 11.6 Å². The lowest BCUT2D eigenvalue weighted by Crippen LogP contribution is -2.44. The Hall–Kier alpha value is -0.970. The molecular weight excluding hydrogens is 300 g/mol. The SMILES string of the molecule is COc1cc(Cl)c(CCN2CCNCC2)cc1OC1CCC1. The highest BCUT2D eigenvalue weighted by Gasteiger charge is 2.22. The summed E-state index contributed by atoms with van der Waals surface area (Å²) in [6.45, 7) is 5.41. The van der Waals surface area contributed by atoms with Gasteiger partial charge in [0, 0.05) is 43.8 Å². The average molecular weight is 325 g/mol. The van der Waals surface area contributed by atoms with Crippen LogP contribution in [0.3, 0.4) is 0 Å². The molecule has 0 bridgehead atoms. The second-order valence-corrected chi connectivity index (χ2v) is 6.51. The summed E-state index contributed by atoms with van der Waals surface area (Å²) in [6.07, 6.45) is 4.83. The molecule has 2 aliphatic rings. The van der Waals surface area contributed by atoms with Crippen molar-refractivity contribution in [3.63, 3.8) is 0 Å². The Morgan fingerprint density at radius 3 is 2.64 bits per heavy atom. The lowest BCUT2D eigenvalue weighted by atomic mass is 9.96. The number of piperazine rings is 1. The number of nitrogens with one attached hydrogen (secondary N) is 1. The van der Waals surface area contributed by atoms with Gasteiger partial charge in [-0.1, -0.05) is 11.6 Å². The van der Waals surface area contributed by atoms with Crippen molar-refractivity contribution in [3.8, 4) is 11.5 Å². The molecule has 2 fully saturated rings. The zero-order chi connectivity index (χ0) is 15.4. The van der Waals surface area contributed by atoms with Gasteiger partial charge in [0.25, 0.3) is 0 Å². The first-order chi connectivity index (χ1) is 10.8. The molecule has 0 amide bonds. The summed E-state index contributed by atoms with van der Waals surface area (Å²) < 4.78 is 11.5. The predicted octanol–water partition coefficient (Wildman–Crippen LogP) is 2.73. The largest absolute Gasteiger partial charge is 0.493 e. The second kappa shape index (κ2) is 7.53. The lowest BCUT2D eigenvalue weighted by molar-refractivity contribution is 0.116. The molecule has 22 heavy (non-hydrogen) atoms. The standard InChI is InChI=1S/C17H25ClN2O2/c1-21-16-12-15(18)13(5-8-20-9-6-19-7-10-20)11-17(16)22-14-3-2-4-14/h11-12,14,19H,2-10H2,1H3. The molecule has 1 aliphatic heterocycles. The summed E-state index contributed by atoms with van der Waals surface area (Å²) in [5, 5.41) is 4.15. The molecule has 0 unspecified atom stereocenters. The van der Waals surface area contributed by atoms with Gasteiger partial charge < -0.3 is 19.7 Å². The minimum atomic E-state index is 0.344. The molecule has 0 atom stereocenters. The minimum Gasteiger partial charge on any atom is -0.493 e. The van der Waals surface area contributed by atoms with Gasteiger partial charge in [-0.05, 0) is 37.3 Å². The van der Waals surface area contributed by atoms with Gasteiger partial charge in [0.2, 0.25) is 0 Å². The molecule has 4 nitrogen and oxygen atoms in total. The van der Waals surface area contributed by atoms with Crippen molar-refractivity contribution < 1.29 is 9.47 Å². The fraction of sp³-hybridized carbons (Fsp3) is 0.647. The molecule has 0 aromatic heterocycles. The van der Waals surface area contributed by atoms with Crippen LogP contribution in [0.25, 0.3) is 0 Å². The van der Waals surface area contributed by atoms with E-state index in [0.717, 1.165) is 74.1 Å². The first-order valence-corrected chi connectivity index (χ1v) is 8.60. The molecule has 1 aromatic rings. The van der Waals surface area contributed by atoms with E-state index >= 15 is 0 Å². The van der Waals surface area contributed by atoms with Gasteiger partial charge in [-0.3, -0.25) is 0 Å². The van der Waals surface area contributed by atoms with Crippen LogP contribution in [0, 0.1) is 0 Å². The number of hydrogen-bond acceptors (Lipinski definition) is 4. The van der Waals surface area contributed by atoms with Crippen LogP contribution in [0.5, 0.6) is 11.5 Å². The van der Waals surface area contributed by atoms with Crippen molar-refractivity contribution in [2.24, 2.45) is 0 Å². The zero-order valence-corrected chi connectivity index (χ0v) is 14.0. The highest BCUT2D eigenvalue weighted by Crippen LogP contribution is 2.36. The Labute approximate surface area is 137 Å². The monoisotopic (exact) mass is 324 g/mol. The molecule has 3 rings (SSSR count). The maximum absolute atomic E-state index is 6.42. The maximum atomic E-state index is 6.42. The van der Waals surface area contributed by atoms with Crippen LogP contribution < -0.4 is 14.8 Å². The van der Waals surface area contributed by atoms with Gasteiger partial charge in [0.15, 0.2) is 11.5 Å². The summed E-state index contributed by atoms with van der Waals surface area (Å²) in [5.74, 6) is 1.58. The van der Waals surface area contributed by atoms with E-state index in [2.05, 4.69) is 16.3 Å². The van der Waals surface area contributed by atoms with E-state index in [0.29, 0.717) is 6.10 Å². The summed E-state index contributed by atoms with van der Waals surface area (Å²) >= 11 is 6.42. The van der Waals surface area contributed by atoms with E-state index in [-0.39, 0.29) is 0 Å².